The predicted octanol–water partition coefficient (Wildman–Crippen LogP) is 3.58. The van der Waals surface area contributed by atoms with E-state index in [0.29, 0.717) is 29.4 Å². The maximum atomic E-state index is 13.2. The van der Waals surface area contributed by atoms with E-state index in [1.165, 1.54) is 22.2 Å². The lowest BCUT2D eigenvalue weighted by atomic mass is 10.1. The summed E-state index contributed by atoms with van der Waals surface area (Å²) >= 11 is 3.17. The van der Waals surface area contributed by atoms with Gasteiger partial charge in [-0.3, -0.25) is 18.6 Å². The highest BCUT2D eigenvalue weighted by Crippen LogP contribution is 2.29. The lowest BCUT2D eigenvalue weighted by Crippen LogP contribution is -2.39. The summed E-state index contributed by atoms with van der Waals surface area (Å²) in [4.78, 5) is 29.5. The molecule has 5 rings (SSSR count). The van der Waals surface area contributed by atoms with Gasteiger partial charge in [0.15, 0.2) is 5.16 Å². The molecule has 0 saturated heterocycles. The molecule has 0 bridgehead atoms. The third-order valence-electron chi connectivity index (χ3n) is 5.67. The van der Waals surface area contributed by atoms with Gasteiger partial charge in [0, 0.05) is 24.5 Å². The van der Waals surface area contributed by atoms with Crippen LogP contribution >= 0.6 is 23.1 Å². The lowest BCUT2D eigenvalue weighted by Gasteiger charge is -2.29. The summed E-state index contributed by atoms with van der Waals surface area (Å²) in [5.41, 5.74) is 1.96. The smallest absolute Gasteiger partial charge is 0.262 e. The van der Waals surface area contributed by atoms with Crippen LogP contribution in [0, 0.1) is 0 Å². The normalized spacial score (nSPS) is 14.8. The van der Waals surface area contributed by atoms with Gasteiger partial charge in [-0.25, -0.2) is 0 Å². The minimum Gasteiger partial charge on any atom is -0.337 e. The molecule has 1 aliphatic heterocycles. The van der Waals surface area contributed by atoms with E-state index in [0.717, 1.165) is 24.9 Å². The fourth-order valence-electron chi connectivity index (χ4n) is 4.14. The topological polar surface area (TPSA) is 72.5 Å². The second-order valence-corrected chi connectivity index (χ2v) is 10.0. The van der Waals surface area contributed by atoms with E-state index in [4.69, 9.17) is 0 Å². The van der Waals surface area contributed by atoms with Gasteiger partial charge in [0.2, 0.25) is 11.7 Å². The van der Waals surface area contributed by atoms with Crippen LogP contribution in [0.2, 0.25) is 0 Å². The van der Waals surface area contributed by atoms with Crippen molar-refractivity contribution in [1.29, 1.82) is 0 Å². The van der Waals surface area contributed by atoms with Crippen LogP contribution in [-0.2, 0) is 24.3 Å². The van der Waals surface area contributed by atoms with E-state index >= 15 is 0 Å². The molecule has 1 unspecified atom stereocenters. The second kappa shape index (κ2) is 8.12. The van der Waals surface area contributed by atoms with Crippen molar-refractivity contribution in [2.75, 3.05) is 6.54 Å². The van der Waals surface area contributed by atoms with Crippen LogP contribution in [0.3, 0.4) is 0 Å². The van der Waals surface area contributed by atoms with Crippen LogP contribution < -0.4 is 5.56 Å². The summed E-state index contributed by atoms with van der Waals surface area (Å²) in [6, 6.07) is 9.62. The summed E-state index contributed by atoms with van der Waals surface area (Å²) in [5, 5.41) is 11.7. The first-order chi connectivity index (χ1) is 15.1. The number of thiophene rings is 1. The molecule has 0 fully saturated rings. The van der Waals surface area contributed by atoms with Crippen molar-refractivity contribution in [2.24, 2.45) is 0 Å². The molecule has 0 radical (unpaired) electrons. The zero-order valence-electron chi connectivity index (χ0n) is 17.4. The van der Waals surface area contributed by atoms with Gasteiger partial charge >= 0.3 is 0 Å². The molecule has 160 valence electrons. The second-order valence-electron chi connectivity index (χ2n) is 7.73. The molecule has 7 nitrogen and oxygen atoms in total. The number of rotatable bonds is 5. The van der Waals surface area contributed by atoms with Gasteiger partial charge in [0.1, 0.15) is 0 Å². The SMILES string of the molecule is CCCn1c(=O)c2ccccc2n2c(SC(C)C(=O)N3CCc4sccc4C3)nnc12. The lowest BCUT2D eigenvalue weighted by molar-refractivity contribution is -0.131. The molecular formula is C22H23N5O2S2. The van der Waals surface area contributed by atoms with Crippen molar-refractivity contribution in [3.8, 4) is 0 Å². The Morgan fingerprint density at radius 1 is 1.26 bits per heavy atom. The van der Waals surface area contributed by atoms with Gasteiger partial charge in [0.05, 0.1) is 16.2 Å². The molecule has 4 heterocycles. The summed E-state index contributed by atoms with van der Waals surface area (Å²) in [7, 11) is 0. The number of nitrogens with zero attached hydrogens (tertiary/aromatic N) is 5. The van der Waals surface area contributed by atoms with Crippen LogP contribution in [0.15, 0.2) is 45.7 Å². The molecule has 0 saturated carbocycles. The fraction of sp³-hybridized carbons (Fsp3) is 0.364. The largest absolute Gasteiger partial charge is 0.337 e. The van der Waals surface area contributed by atoms with Crippen LogP contribution in [0.4, 0.5) is 0 Å². The number of para-hydroxylation sites is 1. The number of amides is 1. The minimum absolute atomic E-state index is 0.0575. The van der Waals surface area contributed by atoms with E-state index in [2.05, 4.69) is 21.6 Å². The third-order valence-corrected chi connectivity index (χ3v) is 7.73. The Balaban J connectivity index is 1.49. The Hall–Kier alpha value is -2.65. The van der Waals surface area contributed by atoms with E-state index in [1.54, 1.807) is 15.9 Å². The molecule has 1 aliphatic rings. The number of carbonyl (C=O) groups is 1. The first-order valence-electron chi connectivity index (χ1n) is 10.5. The van der Waals surface area contributed by atoms with Crippen LogP contribution in [0.5, 0.6) is 0 Å². The number of benzene rings is 1. The highest BCUT2D eigenvalue weighted by molar-refractivity contribution is 8.00. The molecule has 4 aromatic rings. The minimum atomic E-state index is -0.307. The summed E-state index contributed by atoms with van der Waals surface area (Å²) < 4.78 is 3.59. The van der Waals surface area contributed by atoms with Gasteiger partial charge in [-0.15, -0.1) is 21.5 Å². The molecular weight excluding hydrogens is 430 g/mol. The fourth-order valence-corrected chi connectivity index (χ4v) is 5.97. The predicted molar refractivity (Wildman–Crippen MR) is 124 cm³/mol. The standard InChI is InChI=1S/C22H23N5O2S2/c1-3-10-26-20(29)16-6-4-5-7-17(16)27-21(26)23-24-22(27)31-14(2)19(28)25-11-8-18-15(13-25)9-12-30-18/h4-7,9,12,14H,3,8,10-11,13H2,1-2H3. The van der Waals surface area contributed by atoms with Crippen LogP contribution in [-0.4, -0.2) is 41.8 Å². The first kappa shape index (κ1) is 20.3. The molecule has 31 heavy (non-hydrogen) atoms. The molecule has 3 aromatic heterocycles. The summed E-state index contributed by atoms with van der Waals surface area (Å²) in [6.07, 6.45) is 1.73. The molecule has 0 aliphatic carbocycles. The van der Waals surface area contributed by atoms with Crippen molar-refractivity contribution in [3.63, 3.8) is 0 Å². The van der Waals surface area contributed by atoms with E-state index < -0.39 is 0 Å². The van der Waals surface area contributed by atoms with Crippen molar-refractivity contribution in [2.45, 2.75) is 50.2 Å². The number of thioether (sulfide) groups is 1. The van der Waals surface area contributed by atoms with Gasteiger partial charge in [-0.1, -0.05) is 30.8 Å². The highest BCUT2D eigenvalue weighted by Gasteiger charge is 2.27. The Bertz CT molecular complexity index is 1340. The van der Waals surface area contributed by atoms with Crippen molar-refractivity contribution in [1.82, 2.24) is 24.1 Å². The Morgan fingerprint density at radius 3 is 2.94 bits per heavy atom. The molecule has 0 spiro atoms. The first-order valence-corrected chi connectivity index (χ1v) is 12.2. The number of aromatic nitrogens is 4. The number of hydrogen-bond donors (Lipinski definition) is 0. The quantitative estimate of drug-likeness (QED) is 0.432. The Kier molecular flexibility index (Phi) is 5.31. The van der Waals surface area contributed by atoms with Gasteiger partial charge in [0.25, 0.3) is 5.56 Å². The number of hydrogen-bond acceptors (Lipinski definition) is 6. The molecule has 0 N–H and O–H groups in total. The highest BCUT2D eigenvalue weighted by atomic mass is 32.2. The monoisotopic (exact) mass is 453 g/mol. The van der Waals surface area contributed by atoms with E-state index in [1.807, 2.05) is 47.4 Å². The van der Waals surface area contributed by atoms with Crippen molar-refractivity contribution in [3.05, 3.63) is 56.5 Å². The van der Waals surface area contributed by atoms with Crippen molar-refractivity contribution < 1.29 is 4.79 Å². The van der Waals surface area contributed by atoms with Crippen LogP contribution in [0.1, 0.15) is 30.7 Å². The average molecular weight is 454 g/mol. The number of aryl methyl sites for hydroxylation is 1. The van der Waals surface area contributed by atoms with Gasteiger partial charge < -0.3 is 4.90 Å². The summed E-state index contributed by atoms with van der Waals surface area (Å²) in [5.74, 6) is 0.623. The number of carbonyl (C=O) groups excluding carboxylic acids is 1. The average Bonchev–Trinajstić information content (AvgIpc) is 3.42. The van der Waals surface area contributed by atoms with Gasteiger partial charge in [-0.05, 0) is 48.9 Å². The molecule has 1 atom stereocenters. The number of fused-ring (bicyclic) bond motifs is 4. The molecule has 9 heteroatoms. The van der Waals surface area contributed by atoms with Crippen LogP contribution in [0.25, 0.3) is 16.7 Å². The Morgan fingerprint density at radius 2 is 2.10 bits per heavy atom. The van der Waals surface area contributed by atoms with E-state index in [-0.39, 0.29) is 16.7 Å². The maximum absolute atomic E-state index is 13.2. The summed E-state index contributed by atoms with van der Waals surface area (Å²) in [6.45, 7) is 5.93. The van der Waals surface area contributed by atoms with E-state index in [9.17, 15) is 9.59 Å². The zero-order valence-corrected chi connectivity index (χ0v) is 19.1. The van der Waals surface area contributed by atoms with Gasteiger partial charge in [-0.2, -0.15) is 0 Å². The molecule has 1 amide bonds. The third kappa shape index (κ3) is 3.45. The maximum Gasteiger partial charge on any atom is 0.262 e. The zero-order chi connectivity index (χ0) is 21.5. The van der Waals surface area contributed by atoms with Crippen molar-refractivity contribution >= 4 is 45.7 Å². The Labute approximate surface area is 187 Å². The molecule has 1 aromatic carbocycles.